The van der Waals surface area contributed by atoms with Crippen LogP contribution >= 0.6 is 23.5 Å². The number of unbranched alkanes of at least 4 members (excludes halogenated alkanes) is 1. The lowest BCUT2D eigenvalue weighted by Gasteiger charge is -2.27. The zero-order valence-corrected chi connectivity index (χ0v) is 18.1. The van der Waals surface area contributed by atoms with Gasteiger partial charge in [0, 0.05) is 34.9 Å². The number of rotatable bonds is 6. The van der Waals surface area contributed by atoms with E-state index in [1.54, 1.807) is 0 Å². The summed E-state index contributed by atoms with van der Waals surface area (Å²) in [6, 6.07) is 21.5. The number of hydrogen-bond acceptors (Lipinski definition) is 3. The molecule has 0 aliphatic carbocycles. The monoisotopic (exact) mass is 420 g/mol. The summed E-state index contributed by atoms with van der Waals surface area (Å²) < 4.78 is 2.48. The van der Waals surface area contributed by atoms with Crippen LogP contribution in [0.1, 0.15) is 24.8 Å². The highest BCUT2D eigenvalue weighted by molar-refractivity contribution is 8.01. The maximum Gasteiger partial charge on any atom is 0.0563 e. The molecule has 0 N–H and O–H groups in total. The summed E-state index contributed by atoms with van der Waals surface area (Å²) in [6.45, 7) is 4.50. The smallest absolute Gasteiger partial charge is 0.0563 e. The van der Waals surface area contributed by atoms with Gasteiger partial charge >= 0.3 is 0 Å². The molecule has 0 atom stereocenters. The third-order valence-corrected chi connectivity index (χ3v) is 7.30. The summed E-state index contributed by atoms with van der Waals surface area (Å²) in [5, 5.41) is 3.59. The van der Waals surface area contributed by atoms with E-state index in [1.807, 2.05) is 24.1 Å². The Morgan fingerprint density at radius 3 is 2.48 bits per heavy atom. The first-order valence-corrected chi connectivity index (χ1v) is 11.6. The molecule has 0 bridgehead atoms. The second kappa shape index (κ2) is 8.43. The number of halogens is 1. The SMILES string of the molecule is Clc1ccc(C2=CCN(CCCCN3Sc4cccc5cccc3c45)CC2)cc1. The third kappa shape index (κ3) is 4.05. The van der Waals surface area contributed by atoms with E-state index in [1.165, 1.54) is 51.9 Å². The summed E-state index contributed by atoms with van der Waals surface area (Å²) in [5.41, 5.74) is 4.16. The van der Waals surface area contributed by atoms with Gasteiger partial charge in [-0.1, -0.05) is 54.1 Å². The second-order valence-corrected chi connectivity index (χ2v) is 9.32. The first-order valence-electron chi connectivity index (χ1n) is 10.4. The van der Waals surface area contributed by atoms with Gasteiger partial charge in [-0.2, -0.15) is 0 Å². The van der Waals surface area contributed by atoms with Gasteiger partial charge < -0.3 is 4.31 Å². The van der Waals surface area contributed by atoms with Crippen molar-refractivity contribution in [2.24, 2.45) is 0 Å². The molecule has 0 spiro atoms. The van der Waals surface area contributed by atoms with Crippen LogP contribution in [0, 0.1) is 0 Å². The quantitative estimate of drug-likeness (QED) is 0.316. The van der Waals surface area contributed by atoms with Gasteiger partial charge in [0.25, 0.3) is 0 Å². The first-order chi connectivity index (χ1) is 14.3. The summed E-state index contributed by atoms with van der Waals surface area (Å²) in [5.74, 6) is 0. The van der Waals surface area contributed by atoms with Crippen molar-refractivity contribution in [3.63, 3.8) is 0 Å². The van der Waals surface area contributed by atoms with Crippen LogP contribution in [0.4, 0.5) is 5.69 Å². The molecule has 29 heavy (non-hydrogen) atoms. The lowest BCUT2D eigenvalue weighted by Crippen LogP contribution is -2.30. The summed E-state index contributed by atoms with van der Waals surface area (Å²) >= 11 is 7.91. The summed E-state index contributed by atoms with van der Waals surface area (Å²) in [6.07, 6.45) is 5.98. The van der Waals surface area contributed by atoms with Gasteiger partial charge in [0.05, 0.1) is 5.69 Å². The average molecular weight is 421 g/mol. The molecule has 2 aliphatic heterocycles. The van der Waals surface area contributed by atoms with E-state index in [0.717, 1.165) is 31.1 Å². The number of nitrogens with zero attached hydrogens (tertiary/aromatic N) is 2. The minimum absolute atomic E-state index is 0.808. The lowest BCUT2D eigenvalue weighted by molar-refractivity contribution is 0.296. The molecule has 0 unspecified atom stereocenters. The van der Waals surface area contributed by atoms with Crippen molar-refractivity contribution in [2.75, 3.05) is 30.5 Å². The van der Waals surface area contributed by atoms with Gasteiger partial charge in [-0.3, -0.25) is 4.90 Å². The van der Waals surface area contributed by atoms with Crippen molar-refractivity contribution in [2.45, 2.75) is 24.2 Å². The van der Waals surface area contributed by atoms with Crippen molar-refractivity contribution in [1.29, 1.82) is 0 Å². The minimum atomic E-state index is 0.808. The van der Waals surface area contributed by atoms with E-state index in [-0.39, 0.29) is 0 Å². The first kappa shape index (κ1) is 19.0. The van der Waals surface area contributed by atoms with E-state index in [0.29, 0.717) is 0 Å². The van der Waals surface area contributed by atoms with Crippen LogP contribution in [-0.2, 0) is 0 Å². The molecule has 4 heteroatoms. The summed E-state index contributed by atoms with van der Waals surface area (Å²) in [7, 11) is 0. The minimum Gasteiger partial charge on any atom is -0.311 e. The lowest BCUT2D eigenvalue weighted by atomic mass is 9.99. The molecule has 0 saturated heterocycles. The fourth-order valence-electron chi connectivity index (χ4n) is 4.34. The third-order valence-electron chi connectivity index (χ3n) is 5.92. The van der Waals surface area contributed by atoms with E-state index in [2.05, 4.69) is 63.8 Å². The topological polar surface area (TPSA) is 6.48 Å². The summed E-state index contributed by atoms with van der Waals surface area (Å²) in [4.78, 5) is 3.97. The predicted octanol–water partition coefficient (Wildman–Crippen LogP) is 6.89. The molecule has 2 heterocycles. The predicted molar refractivity (Wildman–Crippen MR) is 127 cm³/mol. The van der Waals surface area contributed by atoms with Crippen LogP contribution in [0.15, 0.2) is 71.6 Å². The van der Waals surface area contributed by atoms with Gasteiger partial charge in [0.1, 0.15) is 0 Å². The molecule has 2 nitrogen and oxygen atoms in total. The Labute approximate surface area is 182 Å². The van der Waals surface area contributed by atoms with E-state index < -0.39 is 0 Å². The Morgan fingerprint density at radius 2 is 1.69 bits per heavy atom. The molecule has 2 aliphatic rings. The Balaban J connectivity index is 1.11. The van der Waals surface area contributed by atoms with Crippen molar-refractivity contribution >= 4 is 45.6 Å². The average Bonchev–Trinajstić information content (AvgIpc) is 3.12. The molecule has 0 amide bonds. The van der Waals surface area contributed by atoms with Gasteiger partial charge in [0.2, 0.25) is 0 Å². The molecule has 5 rings (SSSR count). The molecule has 0 saturated carbocycles. The van der Waals surface area contributed by atoms with Crippen molar-refractivity contribution in [1.82, 2.24) is 4.90 Å². The van der Waals surface area contributed by atoms with E-state index in [4.69, 9.17) is 11.6 Å². The van der Waals surface area contributed by atoms with E-state index in [9.17, 15) is 0 Å². The van der Waals surface area contributed by atoms with Gasteiger partial charge in [-0.25, -0.2) is 0 Å². The van der Waals surface area contributed by atoms with Crippen molar-refractivity contribution in [3.8, 4) is 0 Å². The Bertz CT molecular complexity index is 1040. The Morgan fingerprint density at radius 1 is 0.897 bits per heavy atom. The highest BCUT2D eigenvalue weighted by atomic mass is 35.5. The van der Waals surface area contributed by atoms with Crippen LogP contribution in [0.25, 0.3) is 16.3 Å². The van der Waals surface area contributed by atoms with Crippen LogP contribution < -0.4 is 4.31 Å². The zero-order chi connectivity index (χ0) is 19.6. The zero-order valence-electron chi connectivity index (χ0n) is 16.5. The number of anilines is 1. The van der Waals surface area contributed by atoms with Crippen LogP contribution in [0.3, 0.4) is 0 Å². The van der Waals surface area contributed by atoms with Crippen LogP contribution in [-0.4, -0.2) is 31.1 Å². The van der Waals surface area contributed by atoms with Crippen molar-refractivity contribution in [3.05, 3.63) is 77.3 Å². The maximum absolute atomic E-state index is 6.01. The van der Waals surface area contributed by atoms with Gasteiger partial charge in [-0.05, 0) is 78.5 Å². The fraction of sp³-hybridized carbons (Fsp3) is 0.280. The number of hydrogen-bond donors (Lipinski definition) is 0. The van der Waals surface area contributed by atoms with E-state index >= 15 is 0 Å². The van der Waals surface area contributed by atoms with Gasteiger partial charge in [-0.15, -0.1) is 0 Å². The molecular formula is C25H25ClN2S. The standard InChI is InChI=1S/C25H25ClN2S/c26-22-11-9-19(10-12-22)20-13-17-27(18-14-20)15-1-2-16-28-23-7-3-5-21-6-4-8-24(29-28)25(21)23/h3-13H,1-2,14-18H2. The molecule has 148 valence electrons. The second-order valence-electron chi connectivity index (χ2n) is 7.82. The molecule has 0 radical (unpaired) electrons. The van der Waals surface area contributed by atoms with Gasteiger partial charge in [0.15, 0.2) is 0 Å². The molecule has 3 aromatic rings. The normalized spacial score (nSPS) is 16.4. The van der Waals surface area contributed by atoms with Crippen LogP contribution in [0.5, 0.6) is 0 Å². The molecule has 0 aromatic heterocycles. The maximum atomic E-state index is 6.01. The molecule has 3 aromatic carbocycles. The van der Waals surface area contributed by atoms with Crippen molar-refractivity contribution < 1.29 is 0 Å². The highest BCUT2D eigenvalue weighted by Gasteiger charge is 2.21. The Kier molecular flexibility index (Phi) is 5.54. The number of benzene rings is 3. The molecular weight excluding hydrogens is 396 g/mol. The Hall–Kier alpha value is -1.94. The largest absolute Gasteiger partial charge is 0.311 e. The van der Waals surface area contributed by atoms with Crippen LogP contribution in [0.2, 0.25) is 5.02 Å². The fourth-order valence-corrected chi connectivity index (χ4v) is 5.62. The highest BCUT2D eigenvalue weighted by Crippen LogP contribution is 2.45. The molecule has 0 fully saturated rings.